The lowest BCUT2D eigenvalue weighted by Crippen LogP contribution is -2.52. The zero-order valence-electron chi connectivity index (χ0n) is 16.1. The molecule has 0 bridgehead atoms. The number of methoxy groups -OCH3 is 1. The Labute approximate surface area is 159 Å². The van der Waals surface area contributed by atoms with Crippen molar-refractivity contribution >= 4 is 0 Å². The first-order valence-corrected chi connectivity index (χ1v) is 9.67. The van der Waals surface area contributed by atoms with Crippen molar-refractivity contribution in [2.75, 3.05) is 13.7 Å². The molecule has 158 valence electrons. The summed E-state index contributed by atoms with van der Waals surface area (Å²) in [5.41, 5.74) is 0. The van der Waals surface area contributed by atoms with Crippen LogP contribution >= 0.6 is 0 Å². The molecule has 3 heterocycles. The zero-order valence-corrected chi connectivity index (χ0v) is 16.1. The average Bonchev–Trinajstić information content (AvgIpc) is 2.63. The van der Waals surface area contributed by atoms with E-state index >= 15 is 0 Å². The Morgan fingerprint density at radius 1 is 0.778 bits per heavy atom. The van der Waals surface area contributed by atoms with Gasteiger partial charge in [-0.05, 0) is 20.3 Å². The highest BCUT2D eigenvalue weighted by molar-refractivity contribution is 4.83. The highest BCUT2D eigenvalue weighted by Crippen LogP contribution is 2.28. The molecule has 0 aromatic heterocycles. The molecule has 3 rings (SSSR count). The second-order valence-electron chi connectivity index (χ2n) is 7.56. The molecule has 0 radical (unpaired) electrons. The summed E-state index contributed by atoms with van der Waals surface area (Å²) in [4.78, 5) is 0. The first-order chi connectivity index (χ1) is 12.9. The van der Waals surface area contributed by atoms with Gasteiger partial charge in [0.05, 0.1) is 37.1 Å². The van der Waals surface area contributed by atoms with Gasteiger partial charge in [-0.15, -0.1) is 0 Å². The fraction of sp³-hybridized carbons (Fsp3) is 1.00. The van der Waals surface area contributed by atoms with Gasteiger partial charge in [-0.1, -0.05) is 0 Å². The number of aliphatic hydroxyl groups is 3. The molecule has 9 unspecified atom stereocenters. The van der Waals surface area contributed by atoms with Crippen molar-refractivity contribution in [1.29, 1.82) is 0 Å². The van der Waals surface area contributed by atoms with E-state index in [1.54, 1.807) is 14.0 Å². The lowest BCUT2D eigenvalue weighted by atomic mass is 10.0. The van der Waals surface area contributed by atoms with Crippen molar-refractivity contribution in [1.82, 2.24) is 0 Å². The van der Waals surface area contributed by atoms with Crippen LogP contribution in [0.25, 0.3) is 0 Å². The molecule has 3 saturated heterocycles. The molecule has 3 aliphatic heterocycles. The molecule has 0 spiro atoms. The van der Waals surface area contributed by atoms with Crippen LogP contribution in [-0.2, 0) is 28.4 Å². The molecule has 3 fully saturated rings. The maximum absolute atomic E-state index is 10.4. The highest BCUT2D eigenvalue weighted by atomic mass is 16.7. The van der Waals surface area contributed by atoms with Crippen molar-refractivity contribution in [3.8, 4) is 0 Å². The maximum atomic E-state index is 10.4. The topological polar surface area (TPSA) is 116 Å². The van der Waals surface area contributed by atoms with Crippen LogP contribution < -0.4 is 0 Å². The van der Waals surface area contributed by atoms with Crippen molar-refractivity contribution in [2.45, 2.75) is 101 Å². The third-order valence-electron chi connectivity index (χ3n) is 5.48. The Morgan fingerprint density at radius 2 is 1.44 bits per heavy atom. The number of hydrogen-bond donors (Lipinski definition) is 3. The molecule has 0 amide bonds. The van der Waals surface area contributed by atoms with Gasteiger partial charge < -0.3 is 43.7 Å². The molecule has 9 nitrogen and oxygen atoms in total. The van der Waals surface area contributed by atoms with Crippen LogP contribution in [0.4, 0.5) is 0 Å². The van der Waals surface area contributed by atoms with Crippen molar-refractivity contribution < 1.29 is 43.7 Å². The van der Waals surface area contributed by atoms with E-state index in [-0.39, 0.29) is 37.9 Å². The second-order valence-corrected chi connectivity index (χ2v) is 7.56. The van der Waals surface area contributed by atoms with Gasteiger partial charge in [0, 0.05) is 26.4 Å². The molecular weight excluding hydrogens is 360 g/mol. The SMILES string of the molecule is COC1CCC(OC2CC(O)C(OC3C[C@H](O)C(O)C(C)O3)CO2)C(C)O1. The molecule has 9 heteroatoms. The van der Waals surface area contributed by atoms with Crippen LogP contribution in [0.1, 0.15) is 39.5 Å². The summed E-state index contributed by atoms with van der Waals surface area (Å²) in [6.07, 6.45) is -3.47. The van der Waals surface area contributed by atoms with Crippen LogP contribution in [0, 0.1) is 0 Å². The Hall–Kier alpha value is -0.360. The minimum Gasteiger partial charge on any atom is -0.390 e. The fourth-order valence-electron chi connectivity index (χ4n) is 3.74. The van der Waals surface area contributed by atoms with E-state index in [9.17, 15) is 15.3 Å². The Balaban J connectivity index is 1.44. The van der Waals surface area contributed by atoms with Crippen LogP contribution in [0.5, 0.6) is 0 Å². The monoisotopic (exact) mass is 392 g/mol. The molecule has 3 aliphatic rings. The molecule has 27 heavy (non-hydrogen) atoms. The summed E-state index contributed by atoms with van der Waals surface area (Å²) in [6, 6.07) is 0. The molecule has 0 aromatic rings. The number of aliphatic hydroxyl groups excluding tert-OH is 3. The normalized spacial score (nSPS) is 49.1. The van der Waals surface area contributed by atoms with Crippen LogP contribution in [-0.4, -0.2) is 90.6 Å². The zero-order chi connectivity index (χ0) is 19.6. The quantitative estimate of drug-likeness (QED) is 0.589. The standard InChI is InChI=1S/C18H32O9/c1-9-13(4-5-15(22-3)24-9)26-16-6-11(19)14(8-23-16)27-17-7-12(20)18(21)10(2)25-17/h9-21H,4-8H2,1-3H3/t9?,10?,11?,12-,13?,14?,15?,16?,17?,18?/m0/s1. The number of hydrogen-bond acceptors (Lipinski definition) is 9. The first kappa shape index (κ1) is 21.4. The summed E-state index contributed by atoms with van der Waals surface area (Å²) < 4.78 is 33.9. The smallest absolute Gasteiger partial charge is 0.161 e. The predicted molar refractivity (Wildman–Crippen MR) is 91.7 cm³/mol. The van der Waals surface area contributed by atoms with E-state index in [4.69, 9.17) is 28.4 Å². The Kier molecular flexibility index (Phi) is 7.45. The minimum absolute atomic E-state index is 0.120. The fourth-order valence-corrected chi connectivity index (χ4v) is 3.74. The summed E-state index contributed by atoms with van der Waals surface area (Å²) in [6.45, 7) is 3.76. The molecule has 0 saturated carbocycles. The Bertz CT molecular complexity index is 452. The van der Waals surface area contributed by atoms with Crippen LogP contribution in [0.3, 0.4) is 0 Å². The second kappa shape index (κ2) is 9.43. The van der Waals surface area contributed by atoms with Gasteiger partial charge in [-0.25, -0.2) is 0 Å². The summed E-state index contributed by atoms with van der Waals surface area (Å²) in [7, 11) is 1.62. The molecule has 0 aliphatic carbocycles. The lowest BCUT2D eigenvalue weighted by molar-refractivity contribution is -0.309. The van der Waals surface area contributed by atoms with Crippen molar-refractivity contribution in [3.05, 3.63) is 0 Å². The predicted octanol–water partition coefficient (Wildman–Crippen LogP) is -0.108. The van der Waals surface area contributed by atoms with Gasteiger partial charge in [-0.2, -0.15) is 0 Å². The van der Waals surface area contributed by atoms with E-state index in [1.165, 1.54) is 0 Å². The summed E-state index contributed by atoms with van der Waals surface area (Å²) in [5.74, 6) is 0. The van der Waals surface area contributed by atoms with Gasteiger partial charge >= 0.3 is 0 Å². The largest absolute Gasteiger partial charge is 0.390 e. The lowest BCUT2D eigenvalue weighted by Gasteiger charge is -2.41. The number of rotatable bonds is 5. The summed E-state index contributed by atoms with van der Waals surface area (Å²) in [5, 5.41) is 30.0. The van der Waals surface area contributed by atoms with Gasteiger partial charge in [0.25, 0.3) is 0 Å². The third-order valence-corrected chi connectivity index (χ3v) is 5.48. The van der Waals surface area contributed by atoms with Gasteiger partial charge in [-0.3, -0.25) is 0 Å². The number of ether oxygens (including phenoxy) is 6. The Morgan fingerprint density at radius 3 is 2.07 bits per heavy atom. The van der Waals surface area contributed by atoms with E-state index in [0.29, 0.717) is 0 Å². The van der Waals surface area contributed by atoms with Gasteiger partial charge in [0.15, 0.2) is 18.9 Å². The maximum Gasteiger partial charge on any atom is 0.161 e. The van der Waals surface area contributed by atoms with E-state index in [0.717, 1.165) is 12.8 Å². The molecule has 10 atom stereocenters. The van der Waals surface area contributed by atoms with Gasteiger partial charge in [0.1, 0.15) is 12.2 Å². The van der Waals surface area contributed by atoms with E-state index < -0.39 is 43.1 Å². The molecular formula is C18H32O9. The van der Waals surface area contributed by atoms with Crippen molar-refractivity contribution in [3.63, 3.8) is 0 Å². The highest BCUT2D eigenvalue weighted by Gasteiger charge is 2.40. The van der Waals surface area contributed by atoms with Crippen LogP contribution in [0.15, 0.2) is 0 Å². The third kappa shape index (κ3) is 5.37. The molecule has 3 N–H and O–H groups in total. The van der Waals surface area contributed by atoms with Crippen molar-refractivity contribution in [2.24, 2.45) is 0 Å². The van der Waals surface area contributed by atoms with E-state index in [1.807, 2.05) is 6.92 Å². The average molecular weight is 392 g/mol. The first-order valence-electron chi connectivity index (χ1n) is 9.67. The molecule has 0 aromatic carbocycles. The van der Waals surface area contributed by atoms with Gasteiger partial charge in [0.2, 0.25) is 0 Å². The summed E-state index contributed by atoms with van der Waals surface area (Å²) >= 11 is 0. The van der Waals surface area contributed by atoms with Crippen LogP contribution in [0.2, 0.25) is 0 Å². The minimum atomic E-state index is -0.937. The van der Waals surface area contributed by atoms with E-state index in [2.05, 4.69) is 0 Å².